The number of carbonyl (C=O) groups excluding carboxylic acids is 1. The third-order valence-corrected chi connectivity index (χ3v) is 6.09. The van der Waals surface area contributed by atoms with Gasteiger partial charge in [-0.3, -0.25) is 9.69 Å². The maximum atomic E-state index is 12.9. The first-order valence-electron chi connectivity index (χ1n) is 11.7. The molecule has 1 atom stereocenters. The molecule has 2 aliphatic heterocycles. The molecule has 1 fully saturated rings. The number of amides is 1. The third-order valence-electron chi connectivity index (χ3n) is 6.09. The first-order valence-corrected chi connectivity index (χ1v) is 11.7. The van der Waals surface area contributed by atoms with Crippen LogP contribution in [0.4, 0.5) is 11.8 Å². The molecular weight excluding hydrogens is 436 g/mol. The molecule has 0 radical (unpaired) electrons. The van der Waals surface area contributed by atoms with E-state index >= 15 is 0 Å². The number of β-amino-alcohol motifs (C(OH)–C–C–N with tert-alkyl or cyclic N) is 1. The largest absolute Gasteiger partial charge is 0.390 e. The molecule has 1 aromatic carbocycles. The summed E-state index contributed by atoms with van der Waals surface area (Å²) in [6.07, 6.45) is 0.293. The SMILES string of the molecule is COCCN(C)c1nc(NC2COC2)cc(C(=O)NCC(O)CN2CCc3ccccc3C2)n1. The van der Waals surface area contributed by atoms with Gasteiger partial charge in [0, 0.05) is 52.9 Å². The van der Waals surface area contributed by atoms with E-state index in [2.05, 4.69) is 43.7 Å². The van der Waals surface area contributed by atoms with E-state index in [1.54, 1.807) is 13.2 Å². The first-order chi connectivity index (χ1) is 16.5. The van der Waals surface area contributed by atoms with Crippen LogP contribution in [-0.2, 0) is 22.4 Å². The zero-order valence-electron chi connectivity index (χ0n) is 19.9. The van der Waals surface area contributed by atoms with E-state index in [0.29, 0.717) is 44.7 Å². The molecule has 3 heterocycles. The number of ether oxygens (including phenoxy) is 2. The Morgan fingerprint density at radius 1 is 1.32 bits per heavy atom. The Morgan fingerprint density at radius 2 is 2.12 bits per heavy atom. The molecule has 2 aromatic rings. The van der Waals surface area contributed by atoms with Crippen molar-refractivity contribution in [2.45, 2.75) is 25.1 Å². The van der Waals surface area contributed by atoms with E-state index in [4.69, 9.17) is 9.47 Å². The maximum Gasteiger partial charge on any atom is 0.270 e. The highest BCUT2D eigenvalue weighted by atomic mass is 16.5. The highest BCUT2D eigenvalue weighted by Crippen LogP contribution is 2.19. The number of benzene rings is 1. The highest BCUT2D eigenvalue weighted by molar-refractivity contribution is 5.93. The van der Waals surface area contributed by atoms with Crippen molar-refractivity contribution in [3.63, 3.8) is 0 Å². The van der Waals surface area contributed by atoms with E-state index in [-0.39, 0.29) is 24.2 Å². The van der Waals surface area contributed by atoms with Crippen LogP contribution in [0.2, 0.25) is 0 Å². The number of nitrogens with zero attached hydrogens (tertiary/aromatic N) is 4. The van der Waals surface area contributed by atoms with Crippen LogP contribution in [0.5, 0.6) is 0 Å². The van der Waals surface area contributed by atoms with Crippen LogP contribution in [-0.4, -0.2) is 98.2 Å². The van der Waals surface area contributed by atoms with Gasteiger partial charge in [-0.15, -0.1) is 0 Å². The number of hydrogen-bond acceptors (Lipinski definition) is 9. The lowest BCUT2D eigenvalue weighted by molar-refractivity contribution is 0.0209. The molecule has 2 aliphatic rings. The molecule has 10 heteroatoms. The lowest BCUT2D eigenvalue weighted by Crippen LogP contribution is -2.42. The summed E-state index contributed by atoms with van der Waals surface area (Å²) in [7, 11) is 3.49. The number of likely N-dealkylation sites (N-methyl/N-ethyl adjacent to an activating group) is 1. The molecule has 10 nitrogen and oxygen atoms in total. The quantitative estimate of drug-likeness (QED) is 0.433. The van der Waals surface area contributed by atoms with Crippen molar-refractivity contribution in [1.82, 2.24) is 20.2 Å². The average molecular weight is 471 g/mol. The fourth-order valence-electron chi connectivity index (χ4n) is 4.03. The number of aliphatic hydroxyl groups excluding tert-OH is 1. The number of rotatable bonds is 11. The standard InChI is InChI=1S/C24H34N6O4/c1-29(9-10-33-2)24-27-21(11-22(28-24)26-19-15-34-16-19)23(32)25-12-20(31)14-30-8-7-17-5-3-4-6-18(17)13-30/h3-6,11,19-20,31H,7-10,12-16H2,1-2H3,(H,25,32)(H,26,27,28). The fourth-order valence-corrected chi connectivity index (χ4v) is 4.03. The summed E-state index contributed by atoms with van der Waals surface area (Å²) in [6.45, 7) is 4.66. The van der Waals surface area contributed by atoms with Crippen molar-refractivity contribution in [1.29, 1.82) is 0 Å². The zero-order chi connectivity index (χ0) is 23.9. The Morgan fingerprint density at radius 3 is 2.85 bits per heavy atom. The lowest BCUT2D eigenvalue weighted by atomic mass is 10.00. The summed E-state index contributed by atoms with van der Waals surface area (Å²) in [5.41, 5.74) is 2.92. The van der Waals surface area contributed by atoms with Crippen LogP contribution in [0.25, 0.3) is 0 Å². The van der Waals surface area contributed by atoms with Gasteiger partial charge in [0.2, 0.25) is 5.95 Å². The van der Waals surface area contributed by atoms with Gasteiger partial charge in [-0.1, -0.05) is 24.3 Å². The Kier molecular flexibility index (Phi) is 8.28. The minimum Gasteiger partial charge on any atom is -0.390 e. The van der Waals surface area contributed by atoms with E-state index in [0.717, 1.165) is 19.5 Å². The summed E-state index contributed by atoms with van der Waals surface area (Å²) in [5.74, 6) is 0.653. The van der Waals surface area contributed by atoms with Crippen molar-refractivity contribution >= 4 is 17.7 Å². The minimum absolute atomic E-state index is 0.148. The van der Waals surface area contributed by atoms with Gasteiger partial charge in [-0.25, -0.2) is 4.98 Å². The maximum absolute atomic E-state index is 12.9. The monoisotopic (exact) mass is 470 g/mol. The Labute approximate surface area is 200 Å². The van der Waals surface area contributed by atoms with Crippen LogP contribution >= 0.6 is 0 Å². The molecule has 1 saturated heterocycles. The highest BCUT2D eigenvalue weighted by Gasteiger charge is 2.22. The normalized spacial score (nSPS) is 16.9. The van der Waals surface area contributed by atoms with Gasteiger partial charge >= 0.3 is 0 Å². The van der Waals surface area contributed by atoms with E-state index in [1.807, 2.05) is 18.0 Å². The first kappa shape index (κ1) is 24.3. The summed E-state index contributed by atoms with van der Waals surface area (Å²) in [6, 6.07) is 10.2. The number of carbonyl (C=O) groups is 1. The van der Waals surface area contributed by atoms with Crippen molar-refractivity contribution in [2.24, 2.45) is 0 Å². The van der Waals surface area contributed by atoms with Crippen molar-refractivity contribution < 1.29 is 19.4 Å². The van der Waals surface area contributed by atoms with E-state index in [9.17, 15) is 9.90 Å². The number of anilines is 2. The number of nitrogens with one attached hydrogen (secondary N) is 2. The molecule has 1 unspecified atom stereocenters. The van der Waals surface area contributed by atoms with Gasteiger partial charge in [-0.2, -0.15) is 4.98 Å². The summed E-state index contributed by atoms with van der Waals surface area (Å²) >= 11 is 0. The number of fused-ring (bicyclic) bond motifs is 1. The Bertz CT molecular complexity index is 970. The average Bonchev–Trinajstić information content (AvgIpc) is 2.83. The van der Waals surface area contributed by atoms with Gasteiger partial charge in [-0.05, 0) is 17.5 Å². The van der Waals surface area contributed by atoms with Crippen LogP contribution in [0.15, 0.2) is 30.3 Å². The molecular formula is C24H34N6O4. The molecule has 0 bridgehead atoms. The number of aliphatic hydroxyl groups is 1. The zero-order valence-corrected chi connectivity index (χ0v) is 19.9. The van der Waals surface area contributed by atoms with Crippen LogP contribution in [0.1, 0.15) is 21.6 Å². The summed E-state index contributed by atoms with van der Waals surface area (Å²) < 4.78 is 10.4. The Balaban J connectivity index is 1.35. The number of hydrogen-bond donors (Lipinski definition) is 3. The van der Waals surface area contributed by atoms with E-state index < -0.39 is 6.10 Å². The molecule has 34 heavy (non-hydrogen) atoms. The minimum atomic E-state index is -0.676. The molecule has 3 N–H and O–H groups in total. The molecule has 4 rings (SSSR count). The number of aromatic nitrogens is 2. The van der Waals surface area contributed by atoms with Crippen molar-refractivity contribution in [2.75, 3.05) is 70.4 Å². The molecule has 1 aromatic heterocycles. The second kappa shape index (κ2) is 11.6. The van der Waals surface area contributed by atoms with Crippen molar-refractivity contribution in [3.05, 3.63) is 47.2 Å². The topological polar surface area (TPSA) is 112 Å². The van der Waals surface area contributed by atoms with Crippen LogP contribution in [0, 0.1) is 0 Å². The van der Waals surface area contributed by atoms with Gasteiger partial charge in [0.15, 0.2) is 0 Å². The smallest absolute Gasteiger partial charge is 0.270 e. The summed E-state index contributed by atoms with van der Waals surface area (Å²) in [5, 5.41) is 16.7. The fraction of sp³-hybridized carbons (Fsp3) is 0.542. The van der Waals surface area contributed by atoms with Crippen LogP contribution < -0.4 is 15.5 Å². The predicted octanol–water partition coefficient (Wildman–Crippen LogP) is 0.519. The second-order valence-corrected chi connectivity index (χ2v) is 8.85. The van der Waals surface area contributed by atoms with E-state index in [1.165, 1.54) is 11.1 Å². The molecule has 0 aliphatic carbocycles. The molecule has 0 saturated carbocycles. The summed E-state index contributed by atoms with van der Waals surface area (Å²) in [4.78, 5) is 25.9. The van der Waals surface area contributed by atoms with Crippen molar-refractivity contribution in [3.8, 4) is 0 Å². The molecule has 1 amide bonds. The van der Waals surface area contributed by atoms with Crippen LogP contribution in [0.3, 0.4) is 0 Å². The van der Waals surface area contributed by atoms with Gasteiger partial charge < -0.3 is 30.1 Å². The number of methoxy groups -OCH3 is 1. The van der Waals surface area contributed by atoms with Gasteiger partial charge in [0.05, 0.1) is 32.0 Å². The molecule has 0 spiro atoms. The Hall–Kier alpha value is -2.79. The third kappa shape index (κ3) is 6.41. The lowest BCUT2D eigenvalue weighted by Gasteiger charge is -2.30. The molecule has 184 valence electrons. The predicted molar refractivity (Wildman–Crippen MR) is 129 cm³/mol. The van der Waals surface area contributed by atoms with Gasteiger partial charge in [0.25, 0.3) is 5.91 Å². The van der Waals surface area contributed by atoms with Gasteiger partial charge in [0.1, 0.15) is 11.5 Å². The second-order valence-electron chi connectivity index (χ2n) is 8.85.